The van der Waals surface area contributed by atoms with Crippen LogP contribution in [0, 0.1) is 11.8 Å². The molecule has 1 aromatic carbocycles. The van der Waals surface area contributed by atoms with Gasteiger partial charge < -0.3 is 9.84 Å². The number of aliphatic hydroxyl groups is 1. The van der Waals surface area contributed by atoms with E-state index in [0.29, 0.717) is 5.82 Å². The van der Waals surface area contributed by atoms with Gasteiger partial charge in [0.05, 0.1) is 6.54 Å². The molecule has 0 spiro atoms. The molecule has 0 radical (unpaired) electrons. The highest BCUT2D eigenvalue weighted by Gasteiger charge is 2.41. The quantitative estimate of drug-likeness (QED) is 0.820. The molecule has 1 atom stereocenters. The van der Waals surface area contributed by atoms with Crippen molar-refractivity contribution in [2.45, 2.75) is 25.6 Å². The van der Waals surface area contributed by atoms with Crippen molar-refractivity contribution < 1.29 is 14.6 Å². The van der Waals surface area contributed by atoms with Gasteiger partial charge in [-0.2, -0.15) is 0 Å². The molecule has 2 heterocycles. The predicted octanol–water partition coefficient (Wildman–Crippen LogP) is 2.58. The number of nitrogens with zero attached hydrogens (tertiary/aromatic N) is 2. The highest BCUT2D eigenvalue weighted by molar-refractivity contribution is 5.87. The number of hydrogen-bond donors (Lipinski definition) is 1. The Hall–Kier alpha value is -2.84. The Morgan fingerprint density at radius 1 is 1.17 bits per heavy atom. The summed E-state index contributed by atoms with van der Waals surface area (Å²) < 4.78 is 5.26. The number of benzene rings is 1. The van der Waals surface area contributed by atoms with Crippen molar-refractivity contribution >= 4 is 11.9 Å². The molecule has 122 valence electrons. The summed E-state index contributed by atoms with van der Waals surface area (Å²) in [7, 11) is 0. The fourth-order valence-electron chi connectivity index (χ4n) is 2.29. The van der Waals surface area contributed by atoms with Gasteiger partial charge in [-0.05, 0) is 38.1 Å². The number of cyclic esters (lactones) is 1. The van der Waals surface area contributed by atoms with Crippen LogP contribution >= 0.6 is 0 Å². The molecule has 0 bridgehead atoms. The van der Waals surface area contributed by atoms with Gasteiger partial charge >= 0.3 is 6.09 Å². The van der Waals surface area contributed by atoms with E-state index in [9.17, 15) is 9.90 Å². The molecule has 1 amide bonds. The van der Waals surface area contributed by atoms with E-state index >= 15 is 0 Å². The van der Waals surface area contributed by atoms with E-state index in [1.54, 1.807) is 32.2 Å². The molecule has 24 heavy (non-hydrogen) atoms. The van der Waals surface area contributed by atoms with Crippen LogP contribution in [-0.4, -0.2) is 34.4 Å². The molecular formula is C19H18N2O3. The van der Waals surface area contributed by atoms with E-state index in [0.717, 1.165) is 11.1 Å². The zero-order valence-electron chi connectivity index (χ0n) is 13.6. The highest BCUT2D eigenvalue weighted by atomic mass is 16.6. The number of hydrogen-bond acceptors (Lipinski definition) is 4. The minimum Gasteiger partial charge on any atom is -0.440 e. The normalized spacial score (nSPS) is 19.2. The molecule has 0 aliphatic carbocycles. The van der Waals surface area contributed by atoms with Crippen LogP contribution in [0.3, 0.4) is 0 Å². The number of rotatable bonds is 1. The maximum atomic E-state index is 12.1. The largest absolute Gasteiger partial charge is 0.440 e. The second-order valence-corrected chi connectivity index (χ2v) is 6.12. The first-order valence-electron chi connectivity index (χ1n) is 7.67. The molecular weight excluding hydrogens is 304 g/mol. The van der Waals surface area contributed by atoms with Crippen LogP contribution in [0.5, 0.6) is 0 Å². The van der Waals surface area contributed by atoms with Crippen molar-refractivity contribution in [3.8, 4) is 11.8 Å². The SMILES string of the molecule is CC1(C)OC(=O)N(c2ccc(C#Cc3ccccc3)cn2)C[C@@H]1O. The van der Waals surface area contributed by atoms with Gasteiger partial charge in [0, 0.05) is 17.3 Å². The molecule has 2 aromatic rings. The van der Waals surface area contributed by atoms with E-state index in [2.05, 4.69) is 16.8 Å². The molecule has 1 aliphatic heterocycles. The number of carbonyl (C=O) groups is 1. The lowest BCUT2D eigenvalue weighted by Gasteiger charge is -2.39. The van der Waals surface area contributed by atoms with Gasteiger partial charge in [-0.1, -0.05) is 30.0 Å². The Kier molecular flexibility index (Phi) is 4.24. The zero-order valence-corrected chi connectivity index (χ0v) is 13.6. The maximum Gasteiger partial charge on any atom is 0.416 e. The number of anilines is 1. The Labute approximate surface area is 140 Å². The Morgan fingerprint density at radius 3 is 2.54 bits per heavy atom. The summed E-state index contributed by atoms with van der Waals surface area (Å²) in [5.74, 6) is 6.51. The third kappa shape index (κ3) is 3.39. The number of amides is 1. The topological polar surface area (TPSA) is 62.7 Å². The van der Waals surface area contributed by atoms with Gasteiger partial charge in [-0.25, -0.2) is 9.78 Å². The van der Waals surface area contributed by atoms with E-state index in [4.69, 9.17) is 4.74 Å². The Morgan fingerprint density at radius 2 is 1.88 bits per heavy atom. The van der Waals surface area contributed by atoms with Crippen molar-refractivity contribution in [1.82, 2.24) is 4.98 Å². The lowest BCUT2D eigenvalue weighted by atomic mass is 10.00. The molecule has 0 saturated carbocycles. The van der Waals surface area contributed by atoms with Gasteiger partial charge in [-0.3, -0.25) is 4.90 Å². The summed E-state index contributed by atoms with van der Waals surface area (Å²) in [6.45, 7) is 3.51. The fourth-order valence-corrected chi connectivity index (χ4v) is 2.29. The molecule has 3 rings (SSSR count). The summed E-state index contributed by atoms with van der Waals surface area (Å²) in [6, 6.07) is 13.2. The molecule has 1 aliphatic rings. The van der Waals surface area contributed by atoms with E-state index in [1.165, 1.54) is 4.90 Å². The van der Waals surface area contributed by atoms with Crippen molar-refractivity contribution in [2.24, 2.45) is 0 Å². The number of pyridine rings is 1. The third-order valence-electron chi connectivity index (χ3n) is 3.88. The first kappa shape index (κ1) is 16.0. The predicted molar refractivity (Wildman–Crippen MR) is 90.6 cm³/mol. The third-order valence-corrected chi connectivity index (χ3v) is 3.88. The van der Waals surface area contributed by atoms with Gasteiger partial charge in [0.1, 0.15) is 17.5 Å². The van der Waals surface area contributed by atoms with E-state index in [-0.39, 0.29) is 6.54 Å². The smallest absolute Gasteiger partial charge is 0.416 e. The van der Waals surface area contributed by atoms with Gasteiger partial charge in [-0.15, -0.1) is 0 Å². The second kappa shape index (κ2) is 6.34. The van der Waals surface area contributed by atoms with Gasteiger partial charge in [0.2, 0.25) is 0 Å². The van der Waals surface area contributed by atoms with Crippen LogP contribution in [0.4, 0.5) is 10.6 Å². The average Bonchev–Trinajstić information content (AvgIpc) is 2.57. The lowest BCUT2D eigenvalue weighted by Crippen LogP contribution is -2.56. The minimum absolute atomic E-state index is 0.147. The summed E-state index contributed by atoms with van der Waals surface area (Å²) in [5, 5.41) is 10.1. The van der Waals surface area contributed by atoms with Crippen molar-refractivity contribution in [1.29, 1.82) is 0 Å². The first-order valence-corrected chi connectivity index (χ1v) is 7.67. The van der Waals surface area contributed by atoms with Crippen molar-refractivity contribution in [2.75, 3.05) is 11.4 Å². The minimum atomic E-state index is -0.894. The first-order chi connectivity index (χ1) is 11.5. The average molecular weight is 322 g/mol. The molecule has 0 unspecified atom stereocenters. The number of aromatic nitrogens is 1. The maximum absolute atomic E-state index is 12.1. The summed E-state index contributed by atoms with van der Waals surface area (Å²) in [4.78, 5) is 17.7. The molecule has 1 saturated heterocycles. The standard InChI is InChI=1S/C19H18N2O3/c1-19(2)16(22)13-21(18(23)24-19)17-11-10-15(12-20-17)9-8-14-6-4-3-5-7-14/h3-7,10-12,16,22H,13H2,1-2H3/t16-/m0/s1. The monoisotopic (exact) mass is 322 g/mol. The van der Waals surface area contributed by atoms with Crippen LogP contribution < -0.4 is 4.90 Å². The van der Waals surface area contributed by atoms with E-state index < -0.39 is 17.8 Å². The van der Waals surface area contributed by atoms with Crippen LogP contribution in [-0.2, 0) is 4.74 Å². The van der Waals surface area contributed by atoms with Crippen molar-refractivity contribution in [3.63, 3.8) is 0 Å². The summed E-state index contributed by atoms with van der Waals surface area (Å²) >= 11 is 0. The number of ether oxygens (including phenoxy) is 1. The van der Waals surface area contributed by atoms with Gasteiger partial charge in [0.15, 0.2) is 0 Å². The van der Waals surface area contributed by atoms with Crippen LogP contribution in [0.15, 0.2) is 48.7 Å². The Bertz CT molecular complexity index is 789. The highest BCUT2D eigenvalue weighted by Crippen LogP contribution is 2.26. The molecule has 1 aromatic heterocycles. The number of aliphatic hydroxyl groups excluding tert-OH is 1. The molecule has 1 fully saturated rings. The molecule has 1 N–H and O–H groups in total. The lowest BCUT2D eigenvalue weighted by molar-refractivity contribution is -0.0681. The zero-order chi connectivity index (χ0) is 17.2. The van der Waals surface area contributed by atoms with E-state index in [1.807, 2.05) is 30.3 Å². The second-order valence-electron chi connectivity index (χ2n) is 6.12. The van der Waals surface area contributed by atoms with Crippen molar-refractivity contribution in [3.05, 3.63) is 59.8 Å². The molecule has 5 heteroatoms. The van der Waals surface area contributed by atoms with Crippen LogP contribution in [0.25, 0.3) is 0 Å². The summed E-state index contributed by atoms with van der Waals surface area (Å²) in [6.07, 6.45) is 0.306. The summed E-state index contributed by atoms with van der Waals surface area (Å²) in [5.41, 5.74) is 0.773. The van der Waals surface area contributed by atoms with Gasteiger partial charge in [0.25, 0.3) is 0 Å². The number of β-amino-alcohol motifs (C(OH)–C–C–N with tert-alkyl or cyclic N) is 1. The van der Waals surface area contributed by atoms with Crippen LogP contribution in [0.1, 0.15) is 25.0 Å². The number of carbonyl (C=O) groups excluding carboxylic acids is 1. The molecule has 5 nitrogen and oxygen atoms in total. The fraction of sp³-hybridized carbons (Fsp3) is 0.263. The van der Waals surface area contributed by atoms with Crippen LogP contribution in [0.2, 0.25) is 0 Å². The Balaban J connectivity index is 1.76.